The molecule has 0 radical (unpaired) electrons. The van der Waals surface area contributed by atoms with Gasteiger partial charge in [-0.3, -0.25) is 4.79 Å². The molecule has 0 heterocycles. The molecule has 1 aromatic rings. The summed E-state index contributed by atoms with van der Waals surface area (Å²) in [5, 5.41) is 18.2. The third-order valence-corrected chi connectivity index (χ3v) is 1.53. The van der Waals surface area contributed by atoms with E-state index in [4.69, 9.17) is 10.2 Å². The first-order valence-corrected chi connectivity index (χ1v) is 3.36. The van der Waals surface area contributed by atoms with Crippen molar-refractivity contribution in [1.29, 1.82) is 0 Å². The van der Waals surface area contributed by atoms with Crippen molar-refractivity contribution in [1.82, 2.24) is 0 Å². The van der Waals surface area contributed by atoms with Crippen LogP contribution in [-0.2, 0) is 0 Å². The van der Waals surface area contributed by atoms with Crippen molar-refractivity contribution in [3.8, 4) is 0 Å². The summed E-state index contributed by atoms with van der Waals surface area (Å²) in [5.41, 5.74) is 0.348. The molecule has 12 heavy (non-hydrogen) atoms. The van der Waals surface area contributed by atoms with Crippen molar-refractivity contribution in [3.05, 3.63) is 34.2 Å². The maximum atomic E-state index is 10.4. The Morgan fingerprint density at radius 1 is 1.17 bits per heavy atom. The first kappa shape index (κ1) is 8.33. The molecule has 3 nitrogen and oxygen atoms in total. The molecular weight excluding hydrogens is 156 g/mol. The SMILES string of the molecule is O=Cc1cc(=CO)cc/c1=C\O. The van der Waals surface area contributed by atoms with Gasteiger partial charge in [0.25, 0.3) is 0 Å². The van der Waals surface area contributed by atoms with Crippen LogP contribution < -0.4 is 10.4 Å². The molecule has 0 spiro atoms. The van der Waals surface area contributed by atoms with E-state index in [-0.39, 0.29) is 0 Å². The minimum absolute atomic E-state index is 0.348. The second-order valence-electron chi connectivity index (χ2n) is 2.26. The predicted molar refractivity (Wildman–Crippen MR) is 45.3 cm³/mol. The maximum Gasteiger partial charge on any atom is 0.150 e. The van der Waals surface area contributed by atoms with Gasteiger partial charge in [-0.15, -0.1) is 0 Å². The summed E-state index contributed by atoms with van der Waals surface area (Å²) in [5.74, 6) is 0. The van der Waals surface area contributed by atoms with Gasteiger partial charge in [-0.1, -0.05) is 12.1 Å². The number of rotatable bonds is 1. The van der Waals surface area contributed by atoms with Gasteiger partial charge in [-0.05, 0) is 6.07 Å². The van der Waals surface area contributed by atoms with Crippen LogP contribution in [0, 0.1) is 0 Å². The Kier molecular flexibility index (Phi) is 2.48. The van der Waals surface area contributed by atoms with Crippen molar-refractivity contribution in [3.63, 3.8) is 0 Å². The number of hydrogen-bond donors (Lipinski definition) is 2. The number of benzene rings is 1. The molecule has 0 unspecified atom stereocenters. The van der Waals surface area contributed by atoms with Gasteiger partial charge in [0, 0.05) is 16.0 Å². The van der Waals surface area contributed by atoms with E-state index in [9.17, 15) is 4.79 Å². The average molecular weight is 164 g/mol. The highest BCUT2D eigenvalue weighted by atomic mass is 16.2. The first-order valence-electron chi connectivity index (χ1n) is 3.36. The van der Waals surface area contributed by atoms with E-state index in [2.05, 4.69) is 0 Å². The Bertz CT molecular complexity index is 393. The molecule has 0 bridgehead atoms. The average Bonchev–Trinajstić information content (AvgIpc) is 2.16. The van der Waals surface area contributed by atoms with Gasteiger partial charge in [0.1, 0.15) is 0 Å². The third-order valence-electron chi connectivity index (χ3n) is 1.53. The molecule has 0 saturated carbocycles. The first-order chi connectivity index (χ1) is 5.81. The van der Waals surface area contributed by atoms with E-state index >= 15 is 0 Å². The zero-order valence-corrected chi connectivity index (χ0v) is 6.27. The molecule has 0 amide bonds. The normalized spacial score (nSPS) is 13.3. The molecule has 0 fully saturated rings. The lowest BCUT2D eigenvalue weighted by atomic mass is 10.2. The van der Waals surface area contributed by atoms with Crippen LogP contribution in [0.2, 0.25) is 0 Å². The van der Waals surface area contributed by atoms with Crippen molar-refractivity contribution < 1.29 is 15.0 Å². The minimum atomic E-state index is 0.348. The fourth-order valence-electron chi connectivity index (χ4n) is 0.893. The molecule has 3 heteroatoms. The van der Waals surface area contributed by atoms with Crippen LogP contribution in [0.25, 0.3) is 12.5 Å². The summed E-state index contributed by atoms with van der Waals surface area (Å²) in [6, 6.07) is 4.62. The van der Waals surface area contributed by atoms with E-state index in [0.29, 0.717) is 22.3 Å². The van der Waals surface area contributed by atoms with Gasteiger partial charge in [0.2, 0.25) is 0 Å². The number of aliphatic hydroxyl groups excluding tert-OH is 2. The Labute approximate surface area is 68.9 Å². The van der Waals surface area contributed by atoms with E-state index in [1.165, 1.54) is 6.07 Å². The van der Waals surface area contributed by atoms with Crippen LogP contribution >= 0.6 is 0 Å². The van der Waals surface area contributed by atoms with Gasteiger partial charge >= 0.3 is 0 Å². The molecule has 2 N–H and O–H groups in total. The summed E-state index contributed by atoms with van der Waals surface area (Å²) in [6.45, 7) is 0. The number of hydrogen-bond acceptors (Lipinski definition) is 3. The molecule has 0 aliphatic heterocycles. The number of aliphatic hydroxyl groups is 2. The molecule has 0 aliphatic rings. The number of aldehydes is 1. The van der Waals surface area contributed by atoms with Crippen molar-refractivity contribution in [2.24, 2.45) is 0 Å². The van der Waals surface area contributed by atoms with Crippen molar-refractivity contribution in [2.75, 3.05) is 0 Å². The van der Waals surface area contributed by atoms with Crippen LogP contribution in [0.1, 0.15) is 10.4 Å². The fraction of sp³-hybridized carbons (Fsp3) is 0. The lowest BCUT2D eigenvalue weighted by molar-refractivity contribution is 0.112. The lowest BCUT2D eigenvalue weighted by Crippen LogP contribution is -2.14. The van der Waals surface area contributed by atoms with Crippen LogP contribution in [-0.4, -0.2) is 16.5 Å². The molecule has 0 aliphatic carbocycles. The molecule has 0 saturated heterocycles. The lowest BCUT2D eigenvalue weighted by Gasteiger charge is -1.90. The number of carbonyl (C=O) groups is 1. The van der Waals surface area contributed by atoms with Crippen LogP contribution in [0.5, 0.6) is 0 Å². The van der Waals surface area contributed by atoms with Crippen molar-refractivity contribution in [2.45, 2.75) is 0 Å². The Balaban J connectivity index is 3.51. The monoisotopic (exact) mass is 164 g/mol. The van der Waals surface area contributed by atoms with Crippen molar-refractivity contribution >= 4 is 18.8 Å². The van der Waals surface area contributed by atoms with E-state index in [1.54, 1.807) is 12.1 Å². The number of carbonyl (C=O) groups excluding carboxylic acids is 1. The summed E-state index contributed by atoms with van der Waals surface area (Å²) in [7, 11) is 0. The molecule has 1 aromatic carbocycles. The predicted octanol–water partition coefficient (Wildman–Crippen LogP) is 0.0911. The quantitative estimate of drug-likeness (QED) is 0.578. The van der Waals surface area contributed by atoms with E-state index in [0.717, 1.165) is 12.5 Å². The third kappa shape index (κ3) is 1.45. The maximum absolute atomic E-state index is 10.4. The van der Waals surface area contributed by atoms with Gasteiger partial charge in [0.05, 0.1) is 12.5 Å². The Hall–Kier alpha value is -1.77. The van der Waals surface area contributed by atoms with Gasteiger partial charge in [-0.2, -0.15) is 0 Å². The van der Waals surface area contributed by atoms with Crippen LogP contribution in [0.4, 0.5) is 0 Å². The summed E-state index contributed by atoms with van der Waals surface area (Å²) < 4.78 is 0. The molecule has 0 aromatic heterocycles. The Morgan fingerprint density at radius 2 is 1.92 bits per heavy atom. The highest BCUT2D eigenvalue weighted by molar-refractivity contribution is 5.75. The zero-order chi connectivity index (χ0) is 8.97. The highest BCUT2D eigenvalue weighted by Gasteiger charge is 1.91. The summed E-state index contributed by atoms with van der Waals surface area (Å²) in [4.78, 5) is 10.4. The van der Waals surface area contributed by atoms with Gasteiger partial charge < -0.3 is 10.2 Å². The van der Waals surface area contributed by atoms with E-state index in [1.807, 2.05) is 0 Å². The van der Waals surface area contributed by atoms with Gasteiger partial charge in [0.15, 0.2) is 6.29 Å². The second kappa shape index (κ2) is 3.57. The zero-order valence-electron chi connectivity index (χ0n) is 6.27. The molecule has 1 rings (SSSR count). The largest absolute Gasteiger partial charge is 0.515 e. The van der Waals surface area contributed by atoms with Crippen LogP contribution in [0.15, 0.2) is 18.2 Å². The molecular formula is C9H8O3. The smallest absolute Gasteiger partial charge is 0.150 e. The standard InChI is InChI=1S/C9H8O3/c10-4-7-1-2-8(5-11)9(3-7)6-12/h1-6,10-11H/b7-4?,8-5+. The molecule has 62 valence electrons. The second-order valence-corrected chi connectivity index (χ2v) is 2.26. The summed E-state index contributed by atoms with van der Waals surface area (Å²) >= 11 is 0. The van der Waals surface area contributed by atoms with Crippen LogP contribution in [0.3, 0.4) is 0 Å². The van der Waals surface area contributed by atoms with Gasteiger partial charge in [-0.25, -0.2) is 0 Å². The molecule has 0 atom stereocenters. The van der Waals surface area contributed by atoms with E-state index < -0.39 is 0 Å². The fourth-order valence-corrected chi connectivity index (χ4v) is 0.893. The topological polar surface area (TPSA) is 57.5 Å². The minimum Gasteiger partial charge on any atom is -0.515 e. The Morgan fingerprint density at radius 3 is 2.42 bits per heavy atom. The highest BCUT2D eigenvalue weighted by Crippen LogP contribution is 1.80. The summed E-state index contributed by atoms with van der Waals surface area (Å²) in [6.07, 6.45) is 2.37.